The molecule has 0 N–H and O–H groups in total. The molecule has 0 aliphatic carbocycles. The van der Waals surface area contributed by atoms with Crippen LogP contribution in [-0.2, 0) is 0 Å². The highest BCUT2D eigenvalue weighted by molar-refractivity contribution is 7.66. The number of halogens is 1. The molecule has 20 heavy (non-hydrogen) atoms. The number of hydrogen-bond acceptors (Lipinski definition) is 2. The number of rotatable bonds is 4. The Balaban J connectivity index is 2.36. The predicted molar refractivity (Wildman–Crippen MR) is 86.2 cm³/mol. The minimum Gasteiger partial charge on any atom is -0.496 e. The maximum absolute atomic E-state index is 12.5. The van der Waals surface area contributed by atoms with Gasteiger partial charge in [0, 0.05) is 0 Å². The first-order valence-corrected chi connectivity index (χ1v) is 7.62. The van der Waals surface area contributed by atoms with E-state index in [0.29, 0.717) is 16.3 Å². The van der Waals surface area contributed by atoms with E-state index in [-0.39, 0.29) is 14.1 Å². The van der Waals surface area contributed by atoms with Gasteiger partial charge in [-0.05, 0) is 45.4 Å². The molecule has 0 aliphatic heterocycles. The highest BCUT2D eigenvalue weighted by Crippen LogP contribution is 2.32. The van der Waals surface area contributed by atoms with Crippen molar-refractivity contribution in [2.24, 2.45) is 0 Å². The minimum absolute atomic E-state index is 0.00106. The molecule has 0 aromatic heterocycles. The summed E-state index contributed by atoms with van der Waals surface area (Å²) >= 11 is 6.14. The molecular weight excluding hydrogens is 291 g/mol. The second kappa shape index (κ2) is 6.39. The predicted octanol–water partition coefficient (Wildman–Crippen LogP) is 4.11. The van der Waals surface area contributed by atoms with Gasteiger partial charge in [0.2, 0.25) is 0 Å². The number of benzene rings is 2. The maximum Gasteiger partial charge on any atom is 0.190 e. The number of hydrogen-bond donors (Lipinski definition) is 0. The normalized spacial score (nSPS) is 11.0. The summed E-state index contributed by atoms with van der Waals surface area (Å²) in [6.45, 7) is 4.03. The van der Waals surface area contributed by atoms with E-state index in [2.05, 4.69) is 6.07 Å². The minimum atomic E-state index is 0.00106. The highest BCUT2D eigenvalue weighted by Gasteiger charge is 2.17. The van der Waals surface area contributed by atoms with Crippen LogP contribution >= 0.6 is 20.2 Å². The Morgan fingerprint density at radius 2 is 1.95 bits per heavy atom. The van der Waals surface area contributed by atoms with Crippen molar-refractivity contribution in [2.75, 3.05) is 7.11 Å². The van der Waals surface area contributed by atoms with Crippen LogP contribution < -0.4 is 10.0 Å². The Morgan fingerprint density at radius 1 is 1.20 bits per heavy atom. The van der Waals surface area contributed by atoms with Crippen LogP contribution in [0.1, 0.15) is 21.5 Å². The molecule has 4 heteroatoms. The van der Waals surface area contributed by atoms with Crippen molar-refractivity contribution < 1.29 is 9.53 Å². The molecule has 104 valence electrons. The lowest BCUT2D eigenvalue weighted by Gasteiger charge is -2.11. The first-order chi connectivity index (χ1) is 9.52. The van der Waals surface area contributed by atoms with Crippen molar-refractivity contribution in [3.63, 3.8) is 0 Å². The molecule has 2 rings (SSSR count). The quantitative estimate of drug-likeness (QED) is 0.795. The third kappa shape index (κ3) is 3.20. The van der Waals surface area contributed by atoms with E-state index in [4.69, 9.17) is 16.3 Å². The average molecular weight is 307 g/mol. The summed E-state index contributed by atoms with van der Waals surface area (Å²) in [5.74, 6) is 0.528. The fraction of sp³-hybridized carbons (Fsp3) is 0.188. The lowest BCUT2D eigenvalue weighted by atomic mass is 10.2. The Bertz CT molecular complexity index is 653. The second-order valence-electron chi connectivity index (χ2n) is 4.59. The molecule has 0 heterocycles. The third-order valence-corrected chi connectivity index (χ3v) is 4.66. The summed E-state index contributed by atoms with van der Waals surface area (Å²) in [5.41, 5.74) is 2.74. The molecule has 2 aromatic rings. The van der Waals surface area contributed by atoms with Gasteiger partial charge in [-0.25, -0.2) is 0 Å². The fourth-order valence-corrected chi connectivity index (χ4v) is 3.49. The van der Waals surface area contributed by atoms with Crippen LogP contribution in [0.3, 0.4) is 0 Å². The van der Waals surface area contributed by atoms with Gasteiger partial charge >= 0.3 is 0 Å². The van der Waals surface area contributed by atoms with Gasteiger partial charge in [-0.2, -0.15) is 0 Å². The standard InChI is InChI=1S/C16H16ClO2P/c1-10-7-8-11(2)14(9-10)20-16(18)15-12(17)5-4-6-13(15)19-3/h4-9,20H,1-3H3. The molecule has 0 fully saturated rings. The first kappa shape index (κ1) is 15.0. The molecule has 0 saturated carbocycles. The summed E-state index contributed by atoms with van der Waals surface area (Å²) in [6.07, 6.45) is 0. The Morgan fingerprint density at radius 3 is 2.65 bits per heavy atom. The molecule has 1 unspecified atom stereocenters. The number of methoxy groups -OCH3 is 1. The van der Waals surface area contributed by atoms with Crippen molar-refractivity contribution in [3.05, 3.63) is 58.1 Å². The van der Waals surface area contributed by atoms with Gasteiger partial charge in [-0.15, -0.1) is 0 Å². The van der Waals surface area contributed by atoms with Gasteiger partial charge in [0.1, 0.15) is 5.75 Å². The van der Waals surface area contributed by atoms with Gasteiger partial charge in [0.15, 0.2) is 5.52 Å². The number of carbonyl (C=O) groups is 1. The molecular formula is C16H16ClO2P. The molecule has 2 aromatic carbocycles. The molecule has 0 amide bonds. The summed E-state index contributed by atoms with van der Waals surface area (Å²) in [6, 6.07) is 11.4. The molecule has 2 nitrogen and oxygen atoms in total. The van der Waals surface area contributed by atoms with Crippen LogP contribution in [0.25, 0.3) is 0 Å². The number of aryl methyl sites for hydroxylation is 2. The van der Waals surface area contributed by atoms with Crippen molar-refractivity contribution in [3.8, 4) is 5.75 Å². The molecule has 0 aliphatic rings. The van der Waals surface area contributed by atoms with Crippen LogP contribution in [-0.4, -0.2) is 12.6 Å². The topological polar surface area (TPSA) is 26.3 Å². The van der Waals surface area contributed by atoms with E-state index in [9.17, 15) is 4.79 Å². The second-order valence-corrected chi connectivity index (χ2v) is 6.24. The Labute approximate surface area is 125 Å². The molecule has 1 atom stereocenters. The van der Waals surface area contributed by atoms with Crippen LogP contribution in [0.2, 0.25) is 5.02 Å². The van der Waals surface area contributed by atoms with Crippen molar-refractivity contribution in [1.29, 1.82) is 0 Å². The van der Waals surface area contributed by atoms with Gasteiger partial charge in [0.05, 0.1) is 17.7 Å². The Kier molecular flexibility index (Phi) is 4.80. The van der Waals surface area contributed by atoms with Gasteiger partial charge in [0.25, 0.3) is 0 Å². The van der Waals surface area contributed by atoms with Crippen LogP contribution in [0.5, 0.6) is 5.75 Å². The number of ether oxygens (including phenoxy) is 1. The highest BCUT2D eigenvalue weighted by atomic mass is 35.5. The van der Waals surface area contributed by atoms with Crippen molar-refractivity contribution >= 4 is 31.0 Å². The van der Waals surface area contributed by atoms with E-state index in [1.807, 2.05) is 26.0 Å². The third-order valence-electron chi connectivity index (χ3n) is 3.06. The Hall–Kier alpha value is -1.37. The first-order valence-electron chi connectivity index (χ1n) is 6.24. The zero-order chi connectivity index (χ0) is 14.7. The summed E-state index contributed by atoms with van der Waals surface area (Å²) in [5, 5.41) is 1.49. The average Bonchev–Trinajstić information content (AvgIpc) is 2.42. The van der Waals surface area contributed by atoms with E-state index < -0.39 is 0 Å². The van der Waals surface area contributed by atoms with E-state index >= 15 is 0 Å². The number of carbonyl (C=O) groups excluding carboxylic acids is 1. The van der Waals surface area contributed by atoms with Crippen LogP contribution in [0, 0.1) is 13.8 Å². The van der Waals surface area contributed by atoms with Gasteiger partial charge < -0.3 is 4.74 Å². The fourth-order valence-electron chi connectivity index (χ4n) is 1.95. The lowest BCUT2D eigenvalue weighted by molar-refractivity contribution is 0.108. The van der Waals surface area contributed by atoms with E-state index in [0.717, 1.165) is 16.4 Å². The van der Waals surface area contributed by atoms with Crippen LogP contribution in [0.4, 0.5) is 0 Å². The SMILES string of the molecule is COc1cccc(Cl)c1C(=O)Pc1cc(C)ccc1C. The van der Waals surface area contributed by atoms with Gasteiger partial charge in [-0.3, -0.25) is 4.79 Å². The van der Waals surface area contributed by atoms with Crippen molar-refractivity contribution in [2.45, 2.75) is 13.8 Å². The van der Waals surface area contributed by atoms with Gasteiger partial charge in [-0.1, -0.05) is 41.4 Å². The molecule has 0 saturated heterocycles. The summed E-state index contributed by atoms with van der Waals surface area (Å²) in [4.78, 5) is 12.5. The van der Waals surface area contributed by atoms with Crippen molar-refractivity contribution in [1.82, 2.24) is 0 Å². The van der Waals surface area contributed by atoms with E-state index in [1.165, 1.54) is 0 Å². The lowest BCUT2D eigenvalue weighted by Crippen LogP contribution is -2.07. The molecule has 0 radical (unpaired) electrons. The van der Waals surface area contributed by atoms with Crippen LogP contribution in [0.15, 0.2) is 36.4 Å². The monoisotopic (exact) mass is 306 g/mol. The summed E-state index contributed by atoms with van der Waals surface area (Å²) in [7, 11) is 1.59. The summed E-state index contributed by atoms with van der Waals surface area (Å²) < 4.78 is 5.24. The molecule has 0 spiro atoms. The maximum atomic E-state index is 12.5. The zero-order valence-electron chi connectivity index (χ0n) is 11.7. The zero-order valence-corrected chi connectivity index (χ0v) is 13.4. The smallest absolute Gasteiger partial charge is 0.190 e. The van der Waals surface area contributed by atoms with E-state index in [1.54, 1.807) is 25.3 Å². The molecule has 0 bridgehead atoms. The largest absolute Gasteiger partial charge is 0.496 e.